The maximum atomic E-state index is 2.55. The number of hydrogen-bond acceptors (Lipinski definition) is 2. The zero-order valence-electron chi connectivity index (χ0n) is 47.7. The van der Waals surface area contributed by atoms with Crippen molar-refractivity contribution in [3.8, 4) is 77.9 Å². The molecule has 14 aromatic rings. The van der Waals surface area contributed by atoms with Crippen LogP contribution in [-0.4, -0.2) is 0 Å². The Morgan fingerprint density at radius 3 is 0.882 bits per heavy atom. The Labute approximate surface area is 499 Å². The molecule has 0 spiro atoms. The lowest BCUT2D eigenvalue weighted by Crippen LogP contribution is -2.15. The number of nitrogens with zero attached hydrogens (tertiary/aromatic N) is 2. The van der Waals surface area contributed by atoms with Crippen molar-refractivity contribution in [2.24, 2.45) is 0 Å². The van der Waals surface area contributed by atoms with Crippen LogP contribution in [-0.2, 0) is 0 Å². The van der Waals surface area contributed by atoms with E-state index in [2.05, 4.69) is 357 Å². The molecule has 0 amide bonds. The molecule has 14 aromatic carbocycles. The topological polar surface area (TPSA) is 6.48 Å². The standard InChI is InChI=1S/C83H62N2/c1-58(2)66-44-48-76-80(54-66)82(84(70-42-24-40-67(52-70)59-26-10-3-11-27-59)72-46-50-74(62-32-16-6-17-33-62)78(56-72)64-36-20-8-21-37-64)77-49-45-69(61-30-14-5-15-31-61)55-81(77)83(76)85(71-43-25-41-68(53-71)60-28-12-4-13-29-60)73-47-51-75(63-34-18-7-19-35-63)79(57-73)65-38-22-9-23-39-65/h3-58H,1-2H3. The van der Waals surface area contributed by atoms with E-state index in [4.69, 9.17) is 0 Å². The summed E-state index contributed by atoms with van der Waals surface area (Å²) in [4.78, 5) is 5.10. The summed E-state index contributed by atoms with van der Waals surface area (Å²) in [5.41, 5.74) is 23.9. The molecular formula is C83H62N2. The van der Waals surface area contributed by atoms with E-state index < -0.39 is 0 Å². The third-order valence-electron chi connectivity index (χ3n) is 16.6. The molecule has 2 nitrogen and oxygen atoms in total. The molecule has 0 bridgehead atoms. The van der Waals surface area contributed by atoms with Crippen molar-refractivity contribution in [3.05, 3.63) is 339 Å². The molecule has 0 heterocycles. The molecular weight excluding hydrogens is 1020 g/mol. The molecule has 85 heavy (non-hydrogen) atoms. The maximum absolute atomic E-state index is 2.55. The molecule has 0 fully saturated rings. The fourth-order valence-electron chi connectivity index (χ4n) is 12.4. The van der Waals surface area contributed by atoms with Crippen molar-refractivity contribution in [2.45, 2.75) is 19.8 Å². The Hall–Kier alpha value is -10.8. The second-order valence-corrected chi connectivity index (χ2v) is 22.2. The zero-order valence-corrected chi connectivity index (χ0v) is 47.7. The van der Waals surface area contributed by atoms with Gasteiger partial charge in [-0.05, 0) is 150 Å². The SMILES string of the molecule is CC(C)c1ccc2c(N(c3cccc(-c4ccccc4)c3)c3ccc(-c4ccccc4)c(-c4ccccc4)c3)c3cc(-c4ccccc4)ccc3c(N(c3cccc(-c4ccccc4)c3)c3ccc(-c4ccccc4)c(-c4ccccc4)c3)c2c1. The van der Waals surface area contributed by atoms with E-state index in [9.17, 15) is 0 Å². The molecule has 404 valence electrons. The predicted molar refractivity (Wildman–Crippen MR) is 363 cm³/mol. The molecule has 0 N–H and O–H groups in total. The number of rotatable bonds is 14. The Balaban J connectivity index is 1.13. The monoisotopic (exact) mass is 1090 g/mol. The van der Waals surface area contributed by atoms with E-state index in [1.165, 1.54) is 27.8 Å². The van der Waals surface area contributed by atoms with Crippen LogP contribution in [0.2, 0.25) is 0 Å². The number of fused-ring (bicyclic) bond motifs is 2. The van der Waals surface area contributed by atoms with Gasteiger partial charge >= 0.3 is 0 Å². The summed E-state index contributed by atoms with van der Waals surface area (Å²) in [6.45, 7) is 4.62. The number of hydrogen-bond donors (Lipinski definition) is 0. The van der Waals surface area contributed by atoms with Crippen LogP contribution >= 0.6 is 0 Å². The molecule has 0 radical (unpaired) electrons. The van der Waals surface area contributed by atoms with E-state index in [1.54, 1.807) is 0 Å². The Bertz CT molecular complexity index is 4640. The summed E-state index contributed by atoms with van der Waals surface area (Å²) < 4.78 is 0. The normalized spacial score (nSPS) is 11.3. The fraction of sp³-hybridized carbons (Fsp3) is 0.0361. The highest BCUT2D eigenvalue weighted by atomic mass is 15.2. The van der Waals surface area contributed by atoms with Gasteiger partial charge in [-0.3, -0.25) is 0 Å². The Kier molecular flexibility index (Phi) is 14.3. The van der Waals surface area contributed by atoms with Crippen molar-refractivity contribution < 1.29 is 0 Å². The molecule has 0 aliphatic heterocycles. The van der Waals surface area contributed by atoms with Crippen LogP contribution in [0, 0.1) is 0 Å². The highest BCUT2D eigenvalue weighted by molar-refractivity contribution is 6.24. The molecule has 0 saturated heterocycles. The second kappa shape index (κ2) is 23.2. The predicted octanol–water partition coefficient (Wildman–Crippen LogP) is 23.7. The third kappa shape index (κ3) is 10.4. The first kappa shape index (κ1) is 52.3. The summed E-state index contributed by atoms with van der Waals surface area (Å²) in [7, 11) is 0. The number of anilines is 6. The Morgan fingerprint density at radius 1 is 0.200 bits per heavy atom. The van der Waals surface area contributed by atoms with Gasteiger partial charge in [0, 0.05) is 44.3 Å². The molecule has 0 aliphatic rings. The van der Waals surface area contributed by atoms with Gasteiger partial charge in [-0.15, -0.1) is 0 Å². The average Bonchev–Trinajstić information content (AvgIpc) is 2.36. The highest BCUT2D eigenvalue weighted by Gasteiger charge is 2.28. The van der Waals surface area contributed by atoms with Crippen molar-refractivity contribution in [1.29, 1.82) is 0 Å². The summed E-state index contributed by atoms with van der Waals surface area (Å²) in [5, 5.41) is 4.51. The van der Waals surface area contributed by atoms with Crippen LogP contribution < -0.4 is 9.80 Å². The third-order valence-corrected chi connectivity index (χ3v) is 16.6. The second-order valence-electron chi connectivity index (χ2n) is 22.2. The molecule has 14 rings (SSSR count). The smallest absolute Gasteiger partial charge is 0.0620 e. The quantitative estimate of drug-likeness (QED) is 0.0791. The summed E-state index contributed by atoms with van der Waals surface area (Å²) in [5.74, 6) is 0.249. The van der Waals surface area contributed by atoms with Crippen molar-refractivity contribution in [1.82, 2.24) is 0 Å². The van der Waals surface area contributed by atoms with E-state index >= 15 is 0 Å². The van der Waals surface area contributed by atoms with E-state index in [-0.39, 0.29) is 5.92 Å². The van der Waals surface area contributed by atoms with Gasteiger partial charge in [0.15, 0.2) is 0 Å². The van der Waals surface area contributed by atoms with Crippen molar-refractivity contribution in [3.63, 3.8) is 0 Å². The molecule has 0 unspecified atom stereocenters. The first-order valence-corrected chi connectivity index (χ1v) is 29.5. The minimum atomic E-state index is 0.249. The lowest BCUT2D eigenvalue weighted by molar-refractivity contribution is 0.869. The minimum Gasteiger partial charge on any atom is -0.309 e. The van der Waals surface area contributed by atoms with Gasteiger partial charge in [-0.2, -0.15) is 0 Å². The van der Waals surface area contributed by atoms with Crippen LogP contribution in [0.1, 0.15) is 25.3 Å². The van der Waals surface area contributed by atoms with Crippen LogP contribution in [0.4, 0.5) is 34.1 Å². The van der Waals surface area contributed by atoms with Crippen molar-refractivity contribution in [2.75, 3.05) is 9.80 Å². The molecule has 2 heteroatoms. The van der Waals surface area contributed by atoms with Gasteiger partial charge in [0.2, 0.25) is 0 Å². The molecule has 0 atom stereocenters. The van der Waals surface area contributed by atoms with E-state index in [1.807, 2.05) is 0 Å². The van der Waals surface area contributed by atoms with Crippen LogP contribution in [0.25, 0.3) is 99.4 Å². The minimum absolute atomic E-state index is 0.249. The first-order chi connectivity index (χ1) is 42.0. The van der Waals surface area contributed by atoms with E-state index in [0.717, 1.165) is 111 Å². The van der Waals surface area contributed by atoms with Gasteiger partial charge < -0.3 is 9.80 Å². The highest BCUT2D eigenvalue weighted by Crippen LogP contribution is 2.54. The van der Waals surface area contributed by atoms with Crippen molar-refractivity contribution >= 4 is 55.7 Å². The molecule has 0 saturated carbocycles. The lowest BCUT2D eigenvalue weighted by atomic mass is 9.89. The summed E-state index contributed by atoms with van der Waals surface area (Å²) in [6.07, 6.45) is 0. The van der Waals surface area contributed by atoms with Gasteiger partial charge in [-0.1, -0.05) is 287 Å². The van der Waals surface area contributed by atoms with Gasteiger partial charge in [-0.25, -0.2) is 0 Å². The van der Waals surface area contributed by atoms with Gasteiger partial charge in [0.05, 0.1) is 11.4 Å². The maximum Gasteiger partial charge on any atom is 0.0620 e. The van der Waals surface area contributed by atoms with Crippen LogP contribution in [0.3, 0.4) is 0 Å². The summed E-state index contributed by atoms with van der Waals surface area (Å²) in [6, 6.07) is 123. The lowest BCUT2D eigenvalue weighted by Gasteiger charge is -2.34. The average molecular weight is 1090 g/mol. The van der Waals surface area contributed by atoms with E-state index in [0.29, 0.717) is 0 Å². The Morgan fingerprint density at radius 2 is 0.506 bits per heavy atom. The summed E-state index contributed by atoms with van der Waals surface area (Å²) >= 11 is 0. The largest absolute Gasteiger partial charge is 0.309 e. The van der Waals surface area contributed by atoms with Crippen LogP contribution in [0.15, 0.2) is 334 Å². The zero-order chi connectivity index (χ0) is 57.1. The van der Waals surface area contributed by atoms with Gasteiger partial charge in [0.1, 0.15) is 0 Å². The van der Waals surface area contributed by atoms with Crippen LogP contribution in [0.5, 0.6) is 0 Å². The number of benzene rings is 14. The first-order valence-electron chi connectivity index (χ1n) is 29.5. The van der Waals surface area contributed by atoms with Gasteiger partial charge in [0.25, 0.3) is 0 Å². The molecule has 0 aromatic heterocycles. The molecule has 0 aliphatic carbocycles. The fourth-order valence-corrected chi connectivity index (χ4v) is 12.4.